The van der Waals surface area contributed by atoms with Gasteiger partial charge in [0, 0.05) is 19.5 Å². The van der Waals surface area contributed by atoms with Crippen molar-refractivity contribution in [3.05, 3.63) is 59.7 Å². The number of nitrogens with one attached hydrogen (secondary N) is 1. The number of carbonyl (C=O) groups excluding carboxylic acids is 2. The Morgan fingerprint density at radius 1 is 1.21 bits per heavy atom. The van der Waals surface area contributed by atoms with Gasteiger partial charge in [-0.2, -0.15) is 0 Å². The highest BCUT2D eigenvalue weighted by atomic mass is 16.5. The number of amides is 2. The molecule has 0 saturated heterocycles. The first-order valence-electron chi connectivity index (χ1n) is 7.98. The van der Waals surface area contributed by atoms with Gasteiger partial charge < -0.3 is 15.0 Å². The summed E-state index contributed by atoms with van der Waals surface area (Å²) in [6.45, 7) is 2.88. The van der Waals surface area contributed by atoms with Crippen molar-refractivity contribution >= 4 is 17.5 Å². The Kier molecular flexibility index (Phi) is 4.79. The minimum absolute atomic E-state index is 0.0158. The minimum atomic E-state index is -0.125. The van der Waals surface area contributed by atoms with Gasteiger partial charge in [0.1, 0.15) is 5.75 Å². The largest absolute Gasteiger partial charge is 0.482 e. The molecule has 0 aromatic heterocycles. The van der Waals surface area contributed by atoms with Crippen LogP contribution in [0.25, 0.3) is 0 Å². The van der Waals surface area contributed by atoms with Gasteiger partial charge >= 0.3 is 0 Å². The highest BCUT2D eigenvalue weighted by Gasteiger charge is 2.25. The van der Waals surface area contributed by atoms with Crippen LogP contribution in [-0.2, 0) is 16.1 Å². The third-order valence-electron chi connectivity index (χ3n) is 3.94. The average Bonchev–Trinajstić information content (AvgIpc) is 2.59. The predicted octanol–water partition coefficient (Wildman–Crippen LogP) is 2.43. The van der Waals surface area contributed by atoms with Crippen LogP contribution in [0.4, 0.5) is 5.69 Å². The molecule has 1 N–H and O–H groups in total. The van der Waals surface area contributed by atoms with Crippen molar-refractivity contribution in [2.75, 3.05) is 18.1 Å². The van der Waals surface area contributed by atoms with Gasteiger partial charge in [-0.05, 0) is 24.6 Å². The zero-order valence-electron chi connectivity index (χ0n) is 13.6. The summed E-state index contributed by atoms with van der Waals surface area (Å²) in [7, 11) is 0. The van der Waals surface area contributed by atoms with Crippen molar-refractivity contribution in [2.24, 2.45) is 0 Å². The average molecular weight is 324 g/mol. The van der Waals surface area contributed by atoms with Crippen LogP contribution in [0.15, 0.2) is 48.5 Å². The van der Waals surface area contributed by atoms with Crippen LogP contribution < -0.4 is 15.0 Å². The molecule has 5 nitrogen and oxygen atoms in total. The fourth-order valence-corrected chi connectivity index (χ4v) is 2.72. The molecule has 2 amide bonds. The summed E-state index contributed by atoms with van der Waals surface area (Å²) >= 11 is 0. The lowest BCUT2D eigenvalue weighted by molar-refractivity contribution is -0.122. The molecule has 1 heterocycles. The molecular formula is C19H20N2O3. The van der Waals surface area contributed by atoms with E-state index in [9.17, 15) is 9.59 Å². The topological polar surface area (TPSA) is 58.6 Å². The Bertz CT molecular complexity index is 758. The molecule has 1 aliphatic rings. The van der Waals surface area contributed by atoms with E-state index in [1.807, 2.05) is 55.5 Å². The van der Waals surface area contributed by atoms with Crippen molar-refractivity contribution in [2.45, 2.75) is 19.9 Å². The van der Waals surface area contributed by atoms with E-state index in [2.05, 4.69) is 5.32 Å². The fraction of sp³-hybridized carbons (Fsp3) is 0.263. The maximum atomic E-state index is 12.1. The molecule has 3 rings (SSSR count). The summed E-state index contributed by atoms with van der Waals surface area (Å²) in [5, 5.41) is 2.90. The lowest BCUT2D eigenvalue weighted by Crippen LogP contribution is -2.41. The molecule has 5 heteroatoms. The number of carbonyl (C=O) groups is 2. The molecule has 0 unspecified atom stereocenters. The van der Waals surface area contributed by atoms with Gasteiger partial charge in [0.05, 0.1) is 5.69 Å². The van der Waals surface area contributed by atoms with E-state index in [0.717, 1.165) is 16.8 Å². The smallest absolute Gasteiger partial charge is 0.265 e. The normalized spacial score (nSPS) is 13.2. The monoisotopic (exact) mass is 324 g/mol. The third-order valence-corrected chi connectivity index (χ3v) is 3.94. The molecule has 0 saturated carbocycles. The van der Waals surface area contributed by atoms with Crippen LogP contribution in [0.1, 0.15) is 17.5 Å². The molecule has 1 aliphatic heterocycles. The Hall–Kier alpha value is -2.82. The lowest BCUT2D eigenvalue weighted by Gasteiger charge is -2.29. The Morgan fingerprint density at radius 2 is 2.04 bits per heavy atom. The molecule has 0 atom stereocenters. The number of hydrogen-bond acceptors (Lipinski definition) is 3. The van der Waals surface area contributed by atoms with Gasteiger partial charge in [0.15, 0.2) is 6.61 Å². The second-order valence-corrected chi connectivity index (χ2v) is 5.82. The van der Waals surface area contributed by atoms with Gasteiger partial charge in [0.25, 0.3) is 5.91 Å². The maximum Gasteiger partial charge on any atom is 0.265 e. The zero-order chi connectivity index (χ0) is 16.9. The van der Waals surface area contributed by atoms with E-state index in [-0.39, 0.29) is 24.8 Å². The Balaban J connectivity index is 1.55. The molecular weight excluding hydrogens is 304 g/mol. The van der Waals surface area contributed by atoms with Gasteiger partial charge in [-0.15, -0.1) is 0 Å². The third kappa shape index (κ3) is 3.74. The van der Waals surface area contributed by atoms with Crippen molar-refractivity contribution < 1.29 is 14.3 Å². The van der Waals surface area contributed by atoms with Crippen LogP contribution in [-0.4, -0.2) is 25.0 Å². The number of para-hydroxylation sites is 2. The standard InChI is InChI=1S/C19H20N2O3/c1-14-5-4-6-15(11-14)12-20-18(22)9-10-21-16-7-2-3-8-17(16)24-13-19(21)23/h2-8,11H,9-10,12-13H2,1H3,(H,20,22). The van der Waals surface area contributed by atoms with Gasteiger partial charge in [-0.3, -0.25) is 9.59 Å². The molecule has 0 aliphatic carbocycles. The summed E-state index contributed by atoms with van der Waals surface area (Å²) in [6, 6.07) is 15.4. The quantitative estimate of drug-likeness (QED) is 0.919. The van der Waals surface area contributed by atoms with E-state index in [0.29, 0.717) is 18.8 Å². The number of rotatable bonds is 5. The van der Waals surface area contributed by atoms with E-state index >= 15 is 0 Å². The molecule has 2 aromatic rings. The van der Waals surface area contributed by atoms with Gasteiger partial charge in [-0.1, -0.05) is 42.0 Å². The Labute approximate surface area is 141 Å². The number of hydrogen-bond donors (Lipinski definition) is 1. The first kappa shape index (κ1) is 16.1. The molecule has 0 spiro atoms. The minimum Gasteiger partial charge on any atom is -0.482 e. The second kappa shape index (κ2) is 7.17. The number of fused-ring (bicyclic) bond motifs is 1. The van der Waals surface area contributed by atoms with Gasteiger partial charge in [-0.25, -0.2) is 0 Å². The van der Waals surface area contributed by atoms with Crippen LogP contribution >= 0.6 is 0 Å². The van der Waals surface area contributed by atoms with Crippen molar-refractivity contribution in [3.63, 3.8) is 0 Å². The van der Waals surface area contributed by atoms with E-state index in [1.165, 1.54) is 0 Å². The highest BCUT2D eigenvalue weighted by molar-refractivity contribution is 5.98. The van der Waals surface area contributed by atoms with Crippen molar-refractivity contribution in [3.8, 4) is 5.75 Å². The number of nitrogens with zero attached hydrogens (tertiary/aromatic N) is 1. The van der Waals surface area contributed by atoms with Crippen molar-refractivity contribution in [1.82, 2.24) is 5.32 Å². The number of aryl methyl sites for hydroxylation is 1. The summed E-state index contributed by atoms with van der Waals surface area (Å²) in [6.07, 6.45) is 0.256. The molecule has 24 heavy (non-hydrogen) atoms. The van der Waals surface area contributed by atoms with E-state index in [1.54, 1.807) is 4.90 Å². The summed E-state index contributed by atoms with van der Waals surface area (Å²) in [4.78, 5) is 25.8. The first-order chi connectivity index (χ1) is 11.6. The summed E-state index contributed by atoms with van der Waals surface area (Å²) in [5.74, 6) is 0.478. The predicted molar refractivity (Wildman–Crippen MR) is 91.9 cm³/mol. The Morgan fingerprint density at radius 3 is 2.88 bits per heavy atom. The van der Waals surface area contributed by atoms with Crippen LogP contribution in [0.2, 0.25) is 0 Å². The number of ether oxygens (including phenoxy) is 1. The van der Waals surface area contributed by atoms with E-state index in [4.69, 9.17) is 4.74 Å². The zero-order valence-corrected chi connectivity index (χ0v) is 13.6. The van der Waals surface area contributed by atoms with Crippen LogP contribution in [0.5, 0.6) is 5.75 Å². The fourth-order valence-electron chi connectivity index (χ4n) is 2.72. The second-order valence-electron chi connectivity index (χ2n) is 5.82. The molecule has 0 radical (unpaired) electrons. The number of anilines is 1. The van der Waals surface area contributed by atoms with Gasteiger partial charge in [0.2, 0.25) is 5.91 Å². The molecule has 0 bridgehead atoms. The maximum absolute atomic E-state index is 12.1. The molecule has 0 fully saturated rings. The van der Waals surface area contributed by atoms with E-state index < -0.39 is 0 Å². The van der Waals surface area contributed by atoms with Crippen LogP contribution in [0.3, 0.4) is 0 Å². The van der Waals surface area contributed by atoms with Crippen LogP contribution in [0, 0.1) is 6.92 Å². The lowest BCUT2D eigenvalue weighted by atomic mass is 10.1. The SMILES string of the molecule is Cc1cccc(CNC(=O)CCN2C(=O)COc3ccccc32)c1. The van der Waals surface area contributed by atoms with Crippen molar-refractivity contribution in [1.29, 1.82) is 0 Å². The molecule has 2 aromatic carbocycles. The highest BCUT2D eigenvalue weighted by Crippen LogP contribution is 2.31. The summed E-state index contributed by atoms with van der Waals surface area (Å²) < 4.78 is 5.40. The number of benzene rings is 2. The first-order valence-corrected chi connectivity index (χ1v) is 7.98. The summed E-state index contributed by atoms with van der Waals surface area (Å²) in [5.41, 5.74) is 2.95. The molecule has 124 valence electrons.